The van der Waals surface area contributed by atoms with Gasteiger partial charge in [-0.2, -0.15) is 9.78 Å². The van der Waals surface area contributed by atoms with Crippen molar-refractivity contribution in [1.82, 2.24) is 14.8 Å². The van der Waals surface area contributed by atoms with Gasteiger partial charge in [-0.25, -0.2) is 4.98 Å². The van der Waals surface area contributed by atoms with E-state index in [4.69, 9.17) is 4.74 Å². The van der Waals surface area contributed by atoms with Crippen LogP contribution in [0.25, 0.3) is 15.3 Å². The van der Waals surface area contributed by atoms with Crippen molar-refractivity contribution >= 4 is 33.3 Å². The number of amides is 1. The molecule has 28 heavy (non-hydrogen) atoms. The summed E-state index contributed by atoms with van der Waals surface area (Å²) < 4.78 is 8.01. The van der Waals surface area contributed by atoms with Crippen LogP contribution in [0.3, 0.4) is 0 Å². The van der Waals surface area contributed by atoms with E-state index in [1.54, 1.807) is 23.1 Å². The lowest BCUT2D eigenvalue weighted by molar-refractivity contribution is -0.115. The van der Waals surface area contributed by atoms with Crippen molar-refractivity contribution in [2.45, 2.75) is 20.3 Å². The molecule has 6 nitrogen and oxygen atoms in total. The lowest BCUT2D eigenvalue weighted by atomic mass is 10.1. The van der Waals surface area contributed by atoms with E-state index in [0.29, 0.717) is 5.82 Å². The van der Waals surface area contributed by atoms with E-state index in [2.05, 4.69) is 28.4 Å². The van der Waals surface area contributed by atoms with Crippen molar-refractivity contribution in [3.63, 3.8) is 0 Å². The van der Waals surface area contributed by atoms with Crippen LogP contribution in [0.2, 0.25) is 0 Å². The summed E-state index contributed by atoms with van der Waals surface area (Å²) in [5.41, 5.74) is 3.81. The Hall–Kier alpha value is -3.19. The van der Waals surface area contributed by atoms with E-state index in [-0.39, 0.29) is 12.3 Å². The van der Waals surface area contributed by atoms with Crippen LogP contribution in [0.15, 0.2) is 48.5 Å². The molecule has 0 saturated heterocycles. The number of aromatic nitrogens is 3. The maximum Gasteiger partial charge on any atom is 0.229 e. The van der Waals surface area contributed by atoms with Crippen LogP contribution in [0.1, 0.15) is 16.8 Å². The molecule has 1 N–H and O–H groups in total. The summed E-state index contributed by atoms with van der Waals surface area (Å²) in [7, 11) is 1.61. The van der Waals surface area contributed by atoms with E-state index < -0.39 is 0 Å². The first kappa shape index (κ1) is 18.2. The monoisotopic (exact) mass is 392 g/mol. The number of carbonyl (C=O) groups is 1. The van der Waals surface area contributed by atoms with E-state index in [1.807, 2.05) is 49.4 Å². The minimum absolute atomic E-state index is 0.119. The molecule has 0 spiro atoms. The Balaban J connectivity index is 1.59. The molecule has 2 heterocycles. The molecule has 0 fully saturated rings. The van der Waals surface area contributed by atoms with Crippen LogP contribution in [-0.2, 0) is 11.2 Å². The number of nitrogens with one attached hydrogen (secondary N) is 1. The number of rotatable bonds is 5. The first-order chi connectivity index (χ1) is 13.5. The van der Waals surface area contributed by atoms with Crippen molar-refractivity contribution in [2.75, 3.05) is 12.4 Å². The number of ether oxygens (including phenoxy) is 1. The van der Waals surface area contributed by atoms with Crippen molar-refractivity contribution < 1.29 is 9.53 Å². The molecule has 2 aromatic heterocycles. The maximum absolute atomic E-state index is 12.6. The SMILES string of the molecule is COc1cccc(CC(=O)Nc2cc(C)nn2-c2nc3ccc(C)cc3s2)c1. The number of anilines is 1. The fourth-order valence-corrected chi connectivity index (χ4v) is 4.03. The van der Waals surface area contributed by atoms with Gasteiger partial charge in [-0.05, 0) is 49.2 Å². The Morgan fingerprint density at radius 1 is 1.18 bits per heavy atom. The fraction of sp³-hybridized carbons (Fsp3) is 0.190. The molecular formula is C21H20N4O2S. The lowest BCUT2D eigenvalue weighted by Crippen LogP contribution is -2.17. The van der Waals surface area contributed by atoms with Gasteiger partial charge >= 0.3 is 0 Å². The van der Waals surface area contributed by atoms with Gasteiger partial charge in [0.15, 0.2) is 0 Å². The van der Waals surface area contributed by atoms with Crippen LogP contribution in [-0.4, -0.2) is 27.8 Å². The molecular weight excluding hydrogens is 372 g/mol. The molecule has 142 valence electrons. The number of carbonyl (C=O) groups excluding carboxylic acids is 1. The Bertz CT molecular complexity index is 1160. The molecule has 0 aliphatic carbocycles. The van der Waals surface area contributed by atoms with Crippen LogP contribution in [0, 0.1) is 13.8 Å². The highest BCUT2D eigenvalue weighted by atomic mass is 32.1. The highest BCUT2D eigenvalue weighted by molar-refractivity contribution is 7.20. The van der Waals surface area contributed by atoms with Gasteiger partial charge in [0, 0.05) is 6.07 Å². The lowest BCUT2D eigenvalue weighted by Gasteiger charge is -2.07. The van der Waals surface area contributed by atoms with Crippen LogP contribution in [0.5, 0.6) is 5.75 Å². The molecule has 0 radical (unpaired) electrons. The van der Waals surface area contributed by atoms with E-state index >= 15 is 0 Å². The number of aryl methyl sites for hydroxylation is 2. The average molecular weight is 392 g/mol. The molecule has 0 aliphatic rings. The molecule has 0 unspecified atom stereocenters. The molecule has 0 atom stereocenters. The minimum Gasteiger partial charge on any atom is -0.497 e. The van der Waals surface area contributed by atoms with Gasteiger partial charge in [-0.15, -0.1) is 0 Å². The summed E-state index contributed by atoms with van der Waals surface area (Å²) in [6.07, 6.45) is 0.250. The minimum atomic E-state index is -0.119. The van der Waals surface area contributed by atoms with Crippen LogP contribution >= 0.6 is 11.3 Å². The molecule has 4 rings (SSSR count). The standard InChI is InChI=1S/C21H20N4O2S/c1-13-7-8-17-18(9-13)28-21(22-17)25-19(10-14(2)24-25)23-20(26)12-15-5-4-6-16(11-15)27-3/h4-11H,12H2,1-3H3,(H,23,26). The Kier molecular flexibility index (Phi) is 4.83. The molecule has 7 heteroatoms. The van der Waals surface area contributed by atoms with Gasteiger partial charge < -0.3 is 10.1 Å². The van der Waals surface area contributed by atoms with Gasteiger partial charge in [-0.3, -0.25) is 4.79 Å². The number of hydrogen-bond acceptors (Lipinski definition) is 5. The summed E-state index contributed by atoms with van der Waals surface area (Å²) >= 11 is 1.55. The van der Waals surface area contributed by atoms with Crippen molar-refractivity contribution in [1.29, 1.82) is 0 Å². The quantitative estimate of drug-likeness (QED) is 0.550. The van der Waals surface area contributed by atoms with Crippen molar-refractivity contribution in [3.05, 3.63) is 65.4 Å². The number of nitrogens with zero attached hydrogens (tertiary/aromatic N) is 3. The second-order valence-corrected chi connectivity index (χ2v) is 7.64. The normalized spacial score (nSPS) is 11.0. The van der Waals surface area contributed by atoms with E-state index in [9.17, 15) is 4.79 Å². The van der Waals surface area contributed by atoms with Crippen molar-refractivity contribution in [3.8, 4) is 10.9 Å². The number of methoxy groups -OCH3 is 1. The predicted octanol–water partition coefficient (Wildman–Crippen LogP) is 4.29. The fourth-order valence-electron chi connectivity index (χ4n) is 3.00. The van der Waals surface area contributed by atoms with Gasteiger partial charge in [0.2, 0.25) is 11.0 Å². The molecule has 0 saturated carbocycles. The Labute approximate surface area is 166 Å². The highest BCUT2D eigenvalue weighted by Crippen LogP contribution is 2.28. The van der Waals surface area contributed by atoms with Gasteiger partial charge in [0.05, 0.1) is 29.4 Å². The van der Waals surface area contributed by atoms with E-state index in [1.165, 1.54) is 5.56 Å². The smallest absolute Gasteiger partial charge is 0.229 e. The first-order valence-corrected chi connectivity index (χ1v) is 9.70. The van der Waals surface area contributed by atoms with Crippen LogP contribution < -0.4 is 10.1 Å². The molecule has 4 aromatic rings. The number of hydrogen-bond donors (Lipinski definition) is 1. The highest BCUT2D eigenvalue weighted by Gasteiger charge is 2.15. The third-order valence-electron chi connectivity index (χ3n) is 4.31. The van der Waals surface area contributed by atoms with Crippen LogP contribution in [0.4, 0.5) is 5.82 Å². The molecule has 0 aliphatic heterocycles. The predicted molar refractivity (Wildman–Crippen MR) is 112 cm³/mol. The summed E-state index contributed by atoms with van der Waals surface area (Å²) in [6.45, 7) is 3.95. The topological polar surface area (TPSA) is 69.0 Å². The summed E-state index contributed by atoms with van der Waals surface area (Å²) in [5, 5.41) is 8.20. The number of fused-ring (bicyclic) bond motifs is 1. The van der Waals surface area contributed by atoms with Gasteiger partial charge in [-0.1, -0.05) is 29.5 Å². The van der Waals surface area contributed by atoms with Gasteiger partial charge in [0.1, 0.15) is 11.6 Å². The van der Waals surface area contributed by atoms with E-state index in [0.717, 1.165) is 32.4 Å². The summed E-state index contributed by atoms with van der Waals surface area (Å²) in [6, 6.07) is 15.5. The Morgan fingerprint density at radius 2 is 2.04 bits per heavy atom. The molecule has 1 amide bonds. The third-order valence-corrected chi connectivity index (χ3v) is 5.31. The first-order valence-electron chi connectivity index (χ1n) is 8.89. The number of benzene rings is 2. The second kappa shape index (κ2) is 7.44. The molecule has 2 aromatic carbocycles. The third kappa shape index (κ3) is 3.75. The summed E-state index contributed by atoms with van der Waals surface area (Å²) in [4.78, 5) is 17.2. The molecule has 0 bridgehead atoms. The number of thiazole rings is 1. The maximum atomic E-state index is 12.6. The Morgan fingerprint density at radius 3 is 2.86 bits per heavy atom. The zero-order chi connectivity index (χ0) is 19.7. The average Bonchev–Trinajstić information content (AvgIpc) is 3.24. The largest absolute Gasteiger partial charge is 0.497 e. The zero-order valence-corrected chi connectivity index (χ0v) is 16.7. The van der Waals surface area contributed by atoms with Gasteiger partial charge in [0.25, 0.3) is 0 Å². The second-order valence-electron chi connectivity index (χ2n) is 6.63. The zero-order valence-electron chi connectivity index (χ0n) is 15.9. The summed E-state index contributed by atoms with van der Waals surface area (Å²) in [5.74, 6) is 1.23. The van der Waals surface area contributed by atoms with Crippen molar-refractivity contribution in [2.24, 2.45) is 0 Å².